The van der Waals surface area contributed by atoms with Crippen molar-refractivity contribution in [2.45, 2.75) is 18.6 Å². The lowest BCUT2D eigenvalue weighted by atomic mass is 10.0. The van der Waals surface area contributed by atoms with Crippen LogP contribution < -0.4 is 5.32 Å². The second-order valence-electron chi connectivity index (χ2n) is 4.74. The first-order chi connectivity index (χ1) is 9.82. The van der Waals surface area contributed by atoms with Crippen LogP contribution in [0.15, 0.2) is 30.5 Å². The Bertz CT molecular complexity index is 585. The summed E-state index contributed by atoms with van der Waals surface area (Å²) in [6.45, 7) is 0. The molecule has 2 aromatic rings. The van der Waals surface area contributed by atoms with Crippen molar-refractivity contribution in [3.05, 3.63) is 52.3 Å². The molecule has 0 aliphatic heterocycles. The van der Waals surface area contributed by atoms with E-state index in [-0.39, 0.29) is 6.04 Å². The minimum atomic E-state index is -4.31. The lowest BCUT2D eigenvalue weighted by molar-refractivity contribution is -0.137. The molecule has 7 heteroatoms. The lowest BCUT2D eigenvalue weighted by Crippen LogP contribution is -2.22. The van der Waals surface area contributed by atoms with E-state index in [9.17, 15) is 13.2 Å². The summed E-state index contributed by atoms with van der Waals surface area (Å²) in [5.74, 6) is 0. The van der Waals surface area contributed by atoms with Gasteiger partial charge in [0.1, 0.15) is 0 Å². The summed E-state index contributed by atoms with van der Waals surface area (Å²) in [4.78, 5) is 0. The normalized spacial score (nSPS) is 13.4. The average molecular weight is 318 g/mol. The largest absolute Gasteiger partial charge is 0.416 e. The quantitative estimate of drug-likeness (QED) is 0.934. The van der Waals surface area contributed by atoms with Gasteiger partial charge in [0, 0.05) is 7.05 Å². The monoisotopic (exact) mass is 317 g/mol. The number of nitrogens with zero attached hydrogens (tertiary/aromatic N) is 2. The molecule has 0 saturated heterocycles. The summed E-state index contributed by atoms with van der Waals surface area (Å²) in [6, 6.07) is 5.02. The van der Waals surface area contributed by atoms with E-state index in [2.05, 4.69) is 10.4 Å². The van der Waals surface area contributed by atoms with Gasteiger partial charge in [0.2, 0.25) is 0 Å². The van der Waals surface area contributed by atoms with Gasteiger partial charge in [-0.3, -0.25) is 4.68 Å². The second kappa shape index (κ2) is 6.07. The highest BCUT2D eigenvalue weighted by Gasteiger charge is 2.30. The van der Waals surface area contributed by atoms with E-state index in [1.807, 2.05) is 0 Å². The van der Waals surface area contributed by atoms with Gasteiger partial charge in [-0.1, -0.05) is 23.7 Å². The summed E-state index contributed by atoms with van der Waals surface area (Å²) in [6.07, 6.45) is -2.24. The molecule has 0 amide bonds. The molecule has 0 aliphatic carbocycles. The summed E-state index contributed by atoms with van der Waals surface area (Å²) in [7, 11) is 3.55. The van der Waals surface area contributed by atoms with E-state index in [0.717, 1.165) is 23.4 Å². The fourth-order valence-corrected chi connectivity index (χ4v) is 2.51. The number of hydrogen-bond donors (Lipinski definition) is 1. The molecule has 1 atom stereocenters. The smallest absolute Gasteiger partial charge is 0.311 e. The third-order valence-electron chi connectivity index (χ3n) is 3.34. The van der Waals surface area contributed by atoms with Gasteiger partial charge in [0.15, 0.2) is 0 Å². The van der Waals surface area contributed by atoms with E-state index in [4.69, 9.17) is 11.6 Å². The number of rotatable bonds is 4. The SMILES string of the molecule is CNC(Cc1ccc(C(F)(F)F)cc1)c1c(Cl)cnn1C. The Kier molecular flexibility index (Phi) is 4.58. The summed E-state index contributed by atoms with van der Waals surface area (Å²) < 4.78 is 39.3. The maximum Gasteiger partial charge on any atom is 0.416 e. The second-order valence-corrected chi connectivity index (χ2v) is 5.15. The van der Waals surface area contributed by atoms with Crippen LogP contribution in [0, 0.1) is 0 Å². The average Bonchev–Trinajstić information content (AvgIpc) is 2.75. The number of nitrogens with one attached hydrogen (secondary N) is 1. The minimum Gasteiger partial charge on any atom is -0.311 e. The lowest BCUT2D eigenvalue weighted by Gasteiger charge is -2.17. The Morgan fingerprint density at radius 1 is 1.29 bits per heavy atom. The number of likely N-dealkylation sites (N-methyl/N-ethyl adjacent to an activating group) is 1. The maximum atomic E-state index is 12.5. The first-order valence-corrected chi connectivity index (χ1v) is 6.71. The van der Waals surface area contributed by atoms with Gasteiger partial charge in [-0.25, -0.2) is 0 Å². The van der Waals surface area contributed by atoms with Crippen molar-refractivity contribution in [1.29, 1.82) is 0 Å². The van der Waals surface area contributed by atoms with Crippen molar-refractivity contribution in [3.8, 4) is 0 Å². The van der Waals surface area contributed by atoms with E-state index in [1.54, 1.807) is 25.0 Å². The van der Waals surface area contributed by atoms with Gasteiger partial charge in [-0.05, 0) is 31.2 Å². The Morgan fingerprint density at radius 2 is 1.90 bits per heavy atom. The van der Waals surface area contributed by atoms with E-state index in [0.29, 0.717) is 11.4 Å². The van der Waals surface area contributed by atoms with Crippen LogP contribution in [0.3, 0.4) is 0 Å². The zero-order valence-electron chi connectivity index (χ0n) is 11.6. The van der Waals surface area contributed by atoms with E-state index >= 15 is 0 Å². The van der Waals surface area contributed by atoms with Crippen LogP contribution in [0.4, 0.5) is 13.2 Å². The summed E-state index contributed by atoms with van der Waals surface area (Å²) in [5.41, 5.74) is 0.949. The molecule has 0 spiro atoms. The van der Waals surface area contributed by atoms with Gasteiger partial charge in [-0.2, -0.15) is 18.3 Å². The first-order valence-electron chi connectivity index (χ1n) is 6.33. The molecule has 1 heterocycles. The van der Waals surface area contributed by atoms with Crippen LogP contribution in [0.1, 0.15) is 22.9 Å². The van der Waals surface area contributed by atoms with E-state index < -0.39 is 11.7 Å². The number of aryl methyl sites for hydroxylation is 1. The van der Waals surface area contributed by atoms with Gasteiger partial charge in [0.25, 0.3) is 0 Å². The third kappa shape index (κ3) is 3.57. The highest BCUT2D eigenvalue weighted by molar-refractivity contribution is 6.31. The van der Waals surface area contributed by atoms with Crippen LogP contribution in [0.2, 0.25) is 5.02 Å². The Balaban J connectivity index is 2.20. The Morgan fingerprint density at radius 3 is 2.33 bits per heavy atom. The van der Waals surface area contributed by atoms with Gasteiger partial charge in [-0.15, -0.1) is 0 Å². The van der Waals surface area contributed by atoms with Crippen molar-refractivity contribution < 1.29 is 13.2 Å². The van der Waals surface area contributed by atoms with E-state index in [1.165, 1.54) is 12.1 Å². The molecule has 1 unspecified atom stereocenters. The molecule has 21 heavy (non-hydrogen) atoms. The van der Waals surface area contributed by atoms with Crippen LogP contribution in [-0.4, -0.2) is 16.8 Å². The third-order valence-corrected chi connectivity index (χ3v) is 3.63. The van der Waals surface area contributed by atoms with Crippen LogP contribution in [0.5, 0.6) is 0 Å². The van der Waals surface area contributed by atoms with Crippen molar-refractivity contribution >= 4 is 11.6 Å². The highest BCUT2D eigenvalue weighted by Crippen LogP contribution is 2.30. The zero-order chi connectivity index (χ0) is 15.6. The van der Waals surface area contributed by atoms with Crippen LogP contribution >= 0.6 is 11.6 Å². The molecule has 1 aromatic carbocycles. The number of halogens is 4. The molecule has 0 bridgehead atoms. The molecular weight excluding hydrogens is 303 g/mol. The van der Waals surface area contributed by atoms with Crippen molar-refractivity contribution in [2.75, 3.05) is 7.05 Å². The maximum absolute atomic E-state index is 12.5. The van der Waals surface area contributed by atoms with Crippen molar-refractivity contribution in [1.82, 2.24) is 15.1 Å². The zero-order valence-corrected chi connectivity index (χ0v) is 12.3. The number of hydrogen-bond acceptors (Lipinski definition) is 2. The molecular formula is C14H15ClF3N3. The summed E-state index contributed by atoms with van der Waals surface area (Å²) >= 11 is 6.10. The first kappa shape index (κ1) is 15.9. The molecule has 2 rings (SSSR count). The Labute approximate surface area is 125 Å². The summed E-state index contributed by atoms with van der Waals surface area (Å²) in [5, 5.41) is 7.71. The van der Waals surface area contributed by atoms with Crippen molar-refractivity contribution in [2.24, 2.45) is 7.05 Å². The molecule has 1 N–H and O–H groups in total. The minimum absolute atomic E-state index is 0.123. The molecule has 114 valence electrons. The number of alkyl halides is 3. The molecule has 0 fully saturated rings. The molecule has 1 aromatic heterocycles. The topological polar surface area (TPSA) is 29.9 Å². The molecule has 0 saturated carbocycles. The highest BCUT2D eigenvalue weighted by atomic mass is 35.5. The van der Waals surface area contributed by atoms with Crippen LogP contribution in [-0.2, 0) is 19.6 Å². The van der Waals surface area contributed by atoms with Gasteiger partial charge >= 0.3 is 6.18 Å². The van der Waals surface area contributed by atoms with Gasteiger partial charge < -0.3 is 5.32 Å². The molecule has 3 nitrogen and oxygen atoms in total. The fourth-order valence-electron chi connectivity index (χ4n) is 2.21. The standard InChI is InChI=1S/C14H15ClF3N3/c1-19-12(13-11(15)8-20-21(13)2)7-9-3-5-10(6-4-9)14(16,17)18/h3-6,8,12,19H,7H2,1-2H3. The predicted octanol–water partition coefficient (Wildman–Crippen LogP) is 3.60. The van der Waals surface area contributed by atoms with Crippen molar-refractivity contribution in [3.63, 3.8) is 0 Å². The number of aromatic nitrogens is 2. The fraction of sp³-hybridized carbons (Fsp3) is 0.357. The molecule has 0 radical (unpaired) electrons. The predicted molar refractivity (Wildman–Crippen MR) is 75.2 cm³/mol. The number of benzene rings is 1. The van der Waals surface area contributed by atoms with Crippen LogP contribution in [0.25, 0.3) is 0 Å². The Hall–Kier alpha value is -1.53. The van der Waals surface area contributed by atoms with Gasteiger partial charge in [0.05, 0.1) is 28.5 Å². The molecule has 0 aliphatic rings.